The number of rotatable bonds is 2. The van der Waals surface area contributed by atoms with Crippen LogP contribution in [0.1, 0.15) is 48.3 Å². The number of nitrogens with zero attached hydrogens (tertiary/aromatic N) is 1. The van der Waals surface area contributed by atoms with Gasteiger partial charge in [-0.25, -0.2) is 4.98 Å². The molecule has 1 aliphatic rings. The Kier molecular flexibility index (Phi) is 3.52. The Morgan fingerprint density at radius 1 is 1.13 bits per heavy atom. The summed E-state index contributed by atoms with van der Waals surface area (Å²) in [5, 5.41) is 5.26. The summed E-state index contributed by atoms with van der Waals surface area (Å²) in [5.41, 5.74) is 3.48. The zero-order valence-electron chi connectivity index (χ0n) is 13.4. The molecule has 0 atom stereocenters. The highest BCUT2D eigenvalue weighted by atomic mass is 16.1. The number of nitrogens with one attached hydrogen (secondary N) is 2. The van der Waals surface area contributed by atoms with Gasteiger partial charge in [-0.05, 0) is 31.9 Å². The SMILES string of the molecule is Cc1ccc2ccc3cc(C(=O)NC4CCCCC4)nc3c2[nH]1. The molecule has 0 aliphatic heterocycles. The first-order valence-electron chi connectivity index (χ1n) is 8.41. The lowest BCUT2D eigenvalue weighted by Gasteiger charge is -2.22. The lowest BCUT2D eigenvalue weighted by Crippen LogP contribution is -2.36. The predicted octanol–water partition coefficient (Wildman–Crippen LogP) is 4.09. The van der Waals surface area contributed by atoms with Crippen molar-refractivity contribution in [3.63, 3.8) is 0 Å². The van der Waals surface area contributed by atoms with Crippen LogP contribution in [0.4, 0.5) is 0 Å². The van der Waals surface area contributed by atoms with E-state index in [1.54, 1.807) is 0 Å². The molecule has 1 fully saturated rings. The first kappa shape index (κ1) is 14.2. The number of amides is 1. The molecule has 1 amide bonds. The van der Waals surface area contributed by atoms with Gasteiger partial charge in [0.05, 0.1) is 11.0 Å². The van der Waals surface area contributed by atoms with Crippen LogP contribution >= 0.6 is 0 Å². The van der Waals surface area contributed by atoms with Crippen LogP contribution in [0.2, 0.25) is 0 Å². The first-order chi connectivity index (χ1) is 11.2. The zero-order valence-corrected chi connectivity index (χ0v) is 13.4. The maximum absolute atomic E-state index is 12.5. The standard InChI is InChI=1S/C19H21N3O/c1-12-7-8-13-9-10-14-11-16(22-18(14)17(13)20-12)19(23)21-15-5-3-2-4-6-15/h7-11,15,20H,2-6H2,1H3,(H,21,23). The third-order valence-corrected chi connectivity index (χ3v) is 4.77. The van der Waals surface area contributed by atoms with Crippen LogP contribution in [0.15, 0.2) is 30.3 Å². The average molecular weight is 307 g/mol. The summed E-state index contributed by atoms with van der Waals surface area (Å²) < 4.78 is 0. The summed E-state index contributed by atoms with van der Waals surface area (Å²) in [7, 11) is 0. The Morgan fingerprint density at radius 3 is 2.70 bits per heavy atom. The Bertz CT molecular complexity index is 875. The summed E-state index contributed by atoms with van der Waals surface area (Å²) in [4.78, 5) is 20.5. The third-order valence-electron chi connectivity index (χ3n) is 4.77. The molecule has 23 heavy (non-hydrogen) atoms. The van der Waals surface area contributed by atoms with E-state index >= 15 is 0 Å². The van der Waals surface area contributed by atoms with Crippen molar-refractivity contribution in [2.24, 2.45) is 0 Å². The van der Waals surface area contributed by atoms with Gasteiger partial charge < -0.3 is 10.3 Å². The van der Waals surface area contributed by atoms with Crippen molar-refractivity contribution in [3.8, 4) is 0 Å². The van der Waals surface area contributed by atoms with Gasteiger partial charge in [0.15, 0.2) is 0 Å². The lowest BCUT2D eigenvalue weighted by molar-refractivity contribution is 0.0923. The first-order valence-corrected chi connectivity index (χ1v) is 8.41. The quantitative estimate of drug-likeness (QED) is 0.749. The minimum atomic E-state index is -0.0473. The number of aryl methyl sites for hydroxylation is 1. The van der Waals surface area contributed by atoms with Crippen LogP contribution in [0.3, 0.4) is 0 Å². The monoisotopic (exact) mass is 307 g/mol. The second-order valence-corrected chi connectivity index (χ2v) is 6.56. The maximum atomic E-state index is 12.5. The van der Waals surface area contributed by atoms with Crippen LogP contribution in [0, 0.1) is 6.92 Å². The van der Waals surface area contributed by atoms with Crippen LogP contribution < -0.4 is 5.32 Å². The molecular weight excluding hydrogens is 286 g/mol. The summed E-state index contributed by atoms with van der Waals surface area (Å²) in [6.07, 6.45) is 5.87. The smallest absolute Gasteiger partial charge is 0.270 e. The second kappa shape index (κ2) is 5.69. The molecule has 0 radical (unpaired) electrons. The minimum absolute atomic E-state index is 0.0473. The van der Waals surface area contributed by atoms with Crippen molar-refractivity contribution in [2.75, 3.05) is 0 Å². The Hall–Kier alpha value is -2.36. The van der Waals surface area contributed by atoms with Gasteiger partial charge in [-0.1, -0.05) is 37.5 Å². The molecule has 2 aromatic heterocycles. The number of H-pyrrole nitrogens is 1. The molecule has 0 saturated heterocycles. The Morgan fingerprint density at radius 2 is 1.87 bits per heavy atom. The molecule has 1 saturated carbocycles. The third kappa shape index (κ3) is 2.69. The highest BCUT2D eigenvalue weighted by Crippen LogP contribution is 2.25. The highest BCUT2D eigenvalue weighted by molar-refractivity contribution is 6.07. The number of aromatic amines is 1. The van der Waals surface area contributed by atoms with Crippen LogP contribution in [0.25, 0.3) is 21.8 Å². The van der Waals surface area contributed by atoms with Crippen molar-refractivity contribution in [1.82, 2.24) is 15.3 Å². The molecular formula is C19H21N3O. The van der Waals surface area contributed by atoms with E-state index < -0.39 is 0 Å². The van der Waals surface area contributed by atoms with Crippen molar-refractivity contribution >= 4 is 27.7 Å². The molecule has 3 aromatic rings. The zero-order chi connectivity index (χ0) is 15.8. The molecule has 1 aromatic carbocycles. The van der Waals surface area contributed by atoms with Gasteiger partial charge in [-0.15, -0.1) is 0 Å². The molecule has 4 rings (SSSR count). The number of fused-ring (bicyclic) bond motifs is 3. The molecule has 0 unspecified atom stereocenters. The summed E-state index contributed by atoms with van der Waals surface area (Å²) in [6, 6.07) is 10.4. The van der Waals surface area contributed by atoms with Gasteiger partial charge in [-0.3, -0.25) is 4.79 Å². The second-order valence-electron chi connectivity index (χ2n) is 6.56. The number of hydrogen-bond acceptors (Lipinski definition) is 2. The maximum Gasteiger partial charge on any atom is 0.270 e. The van der Waals surface area contributed by atoms with Crippen molar-refractivity contribution in [3.05, 3.63) is 41.7 Å². The number of pyridine rings is 1. The van der Waals surface area contributed by atoms with Gasteiger partial charge in [-0.2, -0.15) is 0 Å². The van der Waals surface area contributed by atoms with Crippen LogP contribution in [-0.4, -0.2) is 21.9 Å². The highest BCUT2D eigenvalue weighted by Gasteiger charge is 2.19. The van der Waals surface area contributed by atoms with E-state index in [4.69, 9.17) is 0 Å². The van der Waals surface area contributed by atoms with Gasteiger partial charge in [0, 0.05) is 22.5 Å². The molecule has 1 aliphatic carbocycles. The topological polar surface area (TPSA) is 57.8 Å². The van der Waals surface area contributed by atoms with E-state index in [-0.39, 0.29) is 5.91 Å². The molecule has 118 valence electrons. The van der Waals surface area contributed by atoms with E-state index in [2.05, 4.69) is 27.4 Å². The summed E-state index contributed by atoms with van der Waals surface area (Å²) in [5.74, 6) is -0.0473. The van der Waals surface area contributed by atoms with Crippen LogP contribution in [-0.2, 0) is 0 Å². The van der Waals surface area contributed by atoms with E-state index in [0.717, 1.165) is 40.3 Å². The van der Waals surface area contributed by atoms with Crippen LogP contribution in [0.5, 0.6) is 0 Å². The van der Waals surface area contributed by atoms with E-state index in [0.29, 0.717) is 11.7 Å². The molecule has 0 spiro atoms. The Balaban J connectivity index is 1.69. The van der Waals surface area contributed by atoms with Crippen molar-refractivity contribution < 1.29 is 4.79 Å². The number of aromatic nitrogens is 2. The fourth-order valence-corrected chi connectivity index (χ4v) is 3.51. The minimum Gasteiger partial charge on any atom is -0.357 e. The van der Waals surface area contributed by atoms with E-state index in [1.807, 2.05) is 25.1 Å². The molecule has 4 heteroatoms. The number of benzene rings is 1. The fourth-order valence-electron chi connectivity index (χ4n) is 3.51. The normalized spacial score (nSPS) is 16.0. The number of hydrogen-bond donors (Lipinski definition) is 2. The number of carbonyl (C=O) groups excluding carboxylic acids is 1. The van der Waals surface area contributed by atoms with Gasteiger partial charge in [0.25, 0.3) is 5.91 Å². The van der Waals surface area contributed by atoms with Gasteiger partial charge >= 0.3 is 0 Å². The lowest BCUT2D eigenvalue weighted by atomic mass is 9.95. The van der Waals surface area contributed by atoms with Gasteiger partial charge in [0.1, 0.15) is 5.69 Å². The number of carbonyl (C=O) groups is 1. The van der Waals surface area contributed by atoms with E-state index in [9.17, 15) is 4.79 Å². The molecule has 4 nitrogen and oxygen atoms in total. The Labute approximate surface area is 135 Å². The summed E-state index contributed by atoms with van der Waals surface area (Å²) >= 11 is 0. The largest absolute Gasteiger partial charge is 0.357 e. The van der Waals surface area contributed by atoms with Crippen molar-refractivity contribution in [2.45, 2.75) is 45.1 Å². The molecule has 2 heterocycles. The molecule has 0 bridgehead atoms. The fraction of sp³-hybridized carbons (Fsp3) is 0.368. The molecule has 2 N–H and O–H groups in total. The van der Waals surface area contributed by atoms with E-state index in [1.165, 1.54) is 19.3 Å². The average Bonchev–Trinajstić information content (AvgIpc) is 3.00. The predicted molar refractivity (Wildman–Crippen MR) is 92.7 cm³/mol. The van der Waals surface area contributed by atoms with Gasteiger partial charge in [0.2, 0.25) is 0 Å². The summed E-state index contributed by atoms with van der Waals surface area (Å²) in [6.45, 7) is 2.03. The van der Waals surface area contributed by atoms with Crippen molar-refractivity contribution in [1.29, 1.82) is 0 Å².